The van der Waals surface area contributed by atoms with Gasteiger partial charge in [0.15, 0.2) is 11.6 Å². The Labute approximate surface area is 142 Å². The van der Waals surface area contributed by atoms with Gasteiger partial charge in [-0.15, -0.1) is 0 Å². The van der Waals surface area contributed by atoms with Crippen molar-refractivity contribution in [2.75, 3.05) is 69.0 Å². The number of nitrogens with one attached hydrogen (secondary N) is 1. The highest BCUT2D eigenvalue weighted by molar-refractivity contribution is 5.75. The number of amides is 1. The van der Waals surface area contributed by atoms with Crippen molar-refractivity contribution >= 4 is 23.4 Å². The Hall–Kier alpha value is -2.29. The first-order valence-corrected chi connectivity index (χ1v) is 8.17. The third-order valence-electron chi connectivity index (χ3n) is 3.79. The van der Waals surface area contributed by atoms with Crippen LogP contribution in [0, 0.1) is 0 Å². The van der Waals surface area contributed by atoms with Crippen LogP contribution < -0.4 is 16.0 Å². The third-order valence-corrected chi connectivity index (χ3v) is 3.79. The lowest BCUT2D eigenvalue weighted by atomic mass is 10.3. The van der Waals surface area contributed by atoms with Gasteiger partial charge in [-0.3, -0.25) is 0 Å². The van der Waals surface area contributed by atoms with E-state index in [0.29, 0.717) is 56.7 Å². The minimum absolute atomic E-state index is 0.270. The van der Waals surface area contributed by atoms with Gasteiger partial charge in [0.1, 0.15) is 12.0 Å². The van der Waals surface area contributed by atoms with E-state index in [1.165, 1.54) is 6.33 Å². The van der Waals surface area contributed by atoms with Crippen molar-refractivity contribution in [2.24, 2.45) is 0 Å². The van der Waals surface area contributed by atoms with Gasteiger partial charge in [-0.1, -0.05) is 0 Å². The summed E-state index contributed by atoms with van der Waals surface area (Å²) < 4.78 is 10.0. The van der Waals surface area contributed by atoms with Crippen molar-refractivity contribution in [1.82, 2.24) is 14.9 Å². The number of nitrogens with two attached hydrogens (primary N) is 1. The number of hydrogen-bond acceptors (Lipinski definition) is 8. The molecule has 0 saturated carbocycles. The predicted molar refractivity (Wildman–Crippen MR) is 92.2 cm³/mol. The summed E-state index contributed by atoms with van der Waals surface area (Å²) in [5, 5.41) is 3.20. The van der Waals surface area contributed by atoms with Crippen LogP contribution in [0.1, 0.15) is 13.3 Å². The fourth-order valence-corrected chi connectivity index (χ4v) is 2.52. The lowest BCUT2D eigenvalue weighted by Gasteiger charge is -2.35. The standard InChI is InChI=1S/C15H26N6O3/c1-3-24-15(22)21-8-6-20(7-9-21)14-12(16)13(18-11-19-14)17-5-4-10-23-2/h11H,3-10,16H2,1-2H3,(H,17,18,19). The van der Waals surface area contributed by atoms with Gasteiger partial charge in [0.2, 0.25) is 0 Å². The number of hydrogen-bond donors (Lipinski definition) is 2. The lowest BCUT2D eigenvalue weighted by molar-refractivity contribution is 0.105. The fraction of sp³-hybridized carbons (Fsp3) is 0.667. The van der Waals surface area contributed by atoms with E-state index in [-0.39, 0.29) is 6.09 Å². The number of piperazine rings is 1. The normalized spacial score (nSPS) is 14.6. The number of ether oxygens (including phenoxy) is 2. The highest BCUT2D eigenvalue weighted by Crippen LogP contribution is 2.26. The monoisotopic (exact) mass is 338 g/mol. The van der Waals surface area contributed by atoms with E-state index < -0.39 is 0 Å². The maximum atomic E-state index is 11.7. The number of anilines is 3. The van der Waals surface area contributed by atoms with E-state index in [1.807, 2.05) is 0 Å². The molecule has 3 N–H and O–H groups in total. The molecule has 1 amide bonds. The van der Waals surface area contributed by atoms with Crippen LogP contribution in [0.4, 0.5) is 22.1 Å². The zero-order valence-corrected chi connectivity index (χ0v) is 14.3. The smallest absolute Gasteiger partial charge is 0.409 e. The van der Waals surface area contributed by atoms with E-state index >= 15 is 0 Å². The van der Waals surface area contributed by atoms with E-state index in [1.54, 1.807) is 18.9 Å². The van der Waals surface area contributed by atoms with E-state index in [4.69, 9.17) is 15.2 Å². The van der Waals surface area contributed by atoms with E-state index in [9.17, 15) is 4.79 Å². The number of nitrogens with zero attached hydrogens (tertiary/aromatic N) is 4. The molecule has 9 nitrogen and oxygen atoms in total. The number of nitrogen functional groups attached to an aromatic ring is 1. The summed E-state index contributed by atoms with van der Waals surface area (Å²) in [6.07, 6.45) is 2.10. The van der Waals surface area contributed by atoms with Crippen molar-refractivity contribution < 1.29 is 14.3 Å². The largest absolute Gasteiger partial charge is 0.450 e. The van der Waals surface area contributed by atoms with Crippen LogP contribution in [0.2, 0.25) is 0 Å². The average molecular weight is 338 g/mol. The second kappa shape index (κ2) is 9.11. The summed E-state index contributed by atoms with van der Waals surface area (Å²) >= 11 is 0. The fourth-order valence-electron chi connectivity index (χ4n) is 2.52. The second-order valence-electron chi connectivity index (χ2n) is 5.41. The maximum Gasteiger partial charge on any atom is 0.409 e. The molecule has 0 spiro atoms. The van der Waals surface area contributed by atoms with Gasteiger partial charge in [0.05, 0.1) is 6.61 Å². The average Bonchev–Trinajstić information content (AvgIpc) is 2.60. The summed E-state index contributed by atoms with van der Waals surface area (Å²) in [5.74, 6) is 1.33. The topological polar surface area (TPSA) is 106 Å². The Morgan fingerprint density at radius 2 is 2.08 bits per heavy atom. The van der Waals surface area contributed by atoms with Crippen molar-refractivity contribution in [3.63, 3.8) is 0 Å². The number of carbonyl (C=O) groups excluding carboxylic acids is 1. The van der Waals surface area contributed by atoms with Crippen LogP contribution in [0.5, 0.6) is 0 Å². The van der Waals surface area contributed by atoms with Crippen molar-refractivity contribution in [3.8, 4) is 0 Å². The Bertz CT molecular complexity index is 534. The molecule has 0 aliphatic carbocycles. The van der Waals surface area contributed by atoms with E-state index in [0.717, 1.165) is 13.0 Å². The predicted octanol–water partition coefficient (Wildman–Crippen LogP) is 0.786. The Kier molecular flexibility index (Phi) is 6.86. The van der Waals surface area contributed by atoms with Crippen LogP contribution in [-0.2, 0) is 9.47 Å². The minimum Gasteiger partial charge on any atom is -0.450 e. The molecule has 1 aliphatic rings. The van der Waals surface area contributed by atoms with Crippen molar-refractivity contribution in [3.05, 3.63) is 6.33 Å². The van der Waals surface area contributed by atoms with Crippen LogP contribution >= 0.6 is 0 Å². The van der Waals surface area contributed by atoms with Crippen molar-refractivity contribution in [1.29, 1.82) is 0 Å². The molecule has 0 radical (unpaired) electrons. The summed E-state index contributed by atoms with van der Waals surface area (Å²) in [7, 11) is 1.67. The van der Waals surface area contributed by atoms with Gasteiger partial charge < -0.3 is 30.3 Å². The Morgan fingerprint density at radius 3 is 2.75 bits per heavy atom. The van der Waals surface area contributed by atoms with Gasteiger partial charge in [-0.2, -0.15) is 0 Å². The molecule has 1 aromatic heterocycles. The molecule has 0 atom stereocenters. The summed E-state index contributed by atoms with van der Waals surface area (Å²) in [6.45, 7) is 6.07. The number of rotatable bonds is 7. The molecule has 134 valence electrons. The Morgan fingerprint density at radius 1 is 1.33 bits per heavy atom. The first kappa shape index (κ1) is 18.1. The van der Waals surface area contributed by atoms with Crippen LogP contribution in [0.15, 0.2) is 6.33 Å². The van der Waals surface area contributed by atoms with Gasteiger partial charge in [0, 0.05) is 46.4 Å². The minimum atomic E-state index is -0.270. The number of methoxy groups -OCH3 is 1. The van der Waals surface area contributed by atoms with Crippen LogP contribution in [-0.4, -0.2) is 74.0 Å². The van der Waals surface area contributed by atoms with Crippen LogP contribution in [0.25, 0.3) is 0 Å². The molecule has 9 heteroatoms. The molecular formula is C15H26N6O3. The molecule has 0 unspecified atom stereocenters. The molecule has 0 bridgehead atoms. The summed E-state index contributed by atoms with van der Waals surface area (Å²) in [6, 6.07) is 0. The SMILES string of the molecule is CCOC(=O)N1CCN(c2ncnc(NCCCOC)c2N)CC1. The quantitative estimate of drug-likeness (QED) is 0.703. The molecule has 1 aromatic rings. The lowest BCUT2D eigenvalue weighted by Crippen LogP contribution is -2.49. The molecule has 1 fully saturated rings. The molecule has 0 aromatic carbocycles. The highest BCUT2D eigenvalue weighted by Gasteiger charge is 2.24. The highest BCUT2D eigenvalue weighted by atomic mass is 16.6. The summed E-state index contributed by atoms with van der Waals surface area (Å²) in [5.41, 5.74) is 6.73. The van der Waals surface area contributed by atoms with Gasteiger partial charge in [0.25, 0.3) is 0 Å². The summed E-state index contributed by atoms with van der Waals surface area (Å²) in [4.78, 5) is 24.0. The second-order valence-corrected chi connectivity index (χ2v) is 5.41. The zero-order chi connectivity index (χ0) is 17.4. The Balaban J connectivity index is 1.94. The van der Waals surface area contributed by atoms with Crippen LogP contribution in [0.3, 0.4) is 0 Å². The van der Waals surface area contributed by atoms with Gasteiger partial charge in [-0.25, -0.2) is 14.8 Å². The molecule has 1 saturated heterocycles. The zero-order valence-electron chi connectivity index (χ0n) is 14.3. The molecule has 2 heterocycles. The number of aromatic nitrogens is 2. The van der Waals surface area contributed by atoms with Crippen molar-refractivity contribution in [2.45, 2.75) is 13.3 Å². The van der Waals surface area contributed by atoms with Gasteiger partial charge in [-0.05, 0) is 13.3 Å². The third kappa shape index (κ3) is 4.60. The first-order valence-electron chi connectivity index (χ1n) is 8.17. The number of carbonyl (C=O) groups is 1. The maximum absolute atomic E-state index is 11.7. The first-order chi connectivity index (χ1) is 11.7. The van der Waals surface area contributed by atoms with E-state index in [2.05, 4.69) is 20.2 Å². The van der Waals surface area contributed by atoms with Gasteiger partial charge >= 0.3 is 6.09 Å². The molecular weight excluding hydrogens is 312 g/mol. The molecule has 1 aliphatic heterocycles. The molecule has 24 heavy (non-hydrogen) atoms. The molecule has 2 rings (SSSR count).